The van der Waals surface area contributed by atoms with Crippen LogP contribution in [-0.2, 0) is 4.79 Å². The molecule has 3 nitrogen and oxygen atoms in total. The van der Waals surface area contributed by atoms with Gasteiger partial charge in [-0.3, -0.25) is 9.69 Å². The van der Waals surface area contributed by atoms with E-state index in [9.17, 15) is 9.90 Å². The van der Waals surface area contributed by atoms with E-state index < -0.39 is 5.60 Å². The predicted molar refractivity (Wildman–Crippen MR) is 95.8 cm³/mol. The molecule has 0 radical (unpaired) electrons. The van der Waals surface area contributed by atoms with Crippen molar-refractivity contribution in [2.75, 3.05) is 13.1 Å². The molecule has 1 N–H and O–H groups in total. The van der Waals surface area contributed by atoms with Crippen LogP contribution in [0, 0.1) is 40.4 Å². The molecule has 6 fully saturated rings. The van der Waals surface area contributed by atoms with Crippen LogP contribution in [0.4, 0.5) is 0 Å². The number of ketones is 1. The largest absolute Gasteiger partial charge is 0.389 e. The zero-order chi connectivity index (χ0) is 17.4. The van der Waals surface area contributed by atoms with Crippen molar-refractivity contribution in [3.63, 3.8) is 0 Å². The first-order chi connectivity index (χ1) is 11.9. The number of likely N-dealkylation sites (tertiary alicyclic amines) is 1. The van der Waals surface area contributed by atoms with E-state index in [4.69, 9.17) is 0 Å². The lowest BCUT2D eigenvalue weighted by Gasteiger charge is -2.66. The van der Waals surface area contributed by atoms with E-state index in [2.05, 4.69) is 25.3 Å². The normalized spacial score (nSPS) is 61.7. The Morgan fingerprint density at radius 3 is 2.84 bits per heavy atom. The van der Waals surface area contributed by atoms with E-state index >= 15 is 0 Å². The molecule has 0 aromatic heterocycles. The minimum atomic E-state index is -0.596. The number of piperidine rings is 1. The first-order valence-corrected chi connectivity index (χ1v) is 10.6. The molecule has 1 saturated heterocycles. The van der Waals surface area contributed by atoms with Gasteiger partial charge >= 0.3 is 0 Å². The van der Waals surface area contributed by atoms with Crippen LogP contribution in [0.5, 0.6) is 0 Å². The lowest BCUT2D eigenvalue weighted by Crippen LogP contribution is -2.73. The molecule has 0 aromatic rings. The van der Waals surface area contributed by atoms with Crippen molar-refractivity contribution in [3.05, 3.63) is 12.2 Å². The Bertz CT molecular complexity index is 702. The average molecular weight is 341 g/mol. The molecule has 0 unspecified atom stereocenters. The quantitative estimate of drug-likeness (QED) is 0.745. The Morgan fingerprint density at radius 2 is 2.08 bits per heavy atom. The summed E-state index contributed by atoms with van der Waals surface area (Å²) in [7, 11) is 0. The summed E-state index contributed by atoms with van der Waals surface area (Å²) in [6.07, 6.45) is 6.03. The van der Waals surface area contributed by atoms with Crippen LogP contribution < -0.4 is 0 Å². The number of nitrogens with zero attached hydrogens (tertiary/aromatic N) is 1. The Labute approximate surface area is 150 Å². The van der Waals surface area contributed by atoms with Crippen molar-refractivity contribution in [1.82, 2.24) is 4.90 Å². The number of aliphatic hydroxyl groups is 1. The molecule has 136 valence electrons. The second kappa shape index (κ2) is 4.25. The Kier molecular flexibility index (Phi) is 2.62. The van der Waals surface area contributed by atoms with Gasteiger partial charge in [-0.05, 0) is 61.8 Å². The highest BCUT2D eigenvalue weighted by molar-refractivity contribution is 5.89. The maximum absolute atomic E-state index is 13.7. The summed E-state index contributed by atoms with van der Waals surface area (Å²) in [5.74, 6) is 2.42. The molecular formula is C22H31NO2. The second-order valence-electron chi connectivity index (χ2n) is 10.5. The minimum absolute atomic E-state index is 0.176. The molecule has 3 heteroatoms. The van der Waals surface area contributed by atoms with Crippen LogP contribution in [0.2, 0.25) is 0 Å². The van der Waals surface area contributed by atoms with E-state index in [1.54, 1.807) is 0 Å². The lowest BCUT2D eigenvalue weighted by molar-refractivity contribution is -0.206. The van der Waals surface area contributed by atoms with E-state index in [1.807, 2.05) is 0 Å². The van der Waals surface area contributed by atoms with Gasteiger partial charge in [0.1, 0.15) is 5.78 Å². The fourth-order valence-corrected chi connectivity index (χ4v) is 9.43. The molecule has 6 aliphatic rings. The number of hydrogen-bond acceptors (Lipinski definition) is 3. The molecule has 1 aliphatic heterocycles. The van der Waals surface area contributed by atoms with Crippen LogP contribution in [0.25, 0.3) is 0 Å². The van der Waals surface area contributed by atoms with Gasteiger partial charge in [0, 0.05) is 30.8 Å². The average Bonchev–Trinajstić information content (AvgIpc) is 3.00. The summed E-state index contributed by atoms with van der Waals surface area (Å²) in [5, 5.41) is 12.0. The third-order valence-electron chi connectivity index (χ3n) is 10.1. The summed E-state index contributed by atoms with van der Waals surface area (Å²) in [6, 6.07) is 0.291. The predicted octanol–water partition coefficient (Wildman–Crippen LogP) is 3.03. The Balaban J connectivity index is 1.64. The molecule has 1 spiro atoms. The van der Waals surface area contributed by atoms with Crippen LogP contribution in [-0.4, -0.2) is 40.5 Å². The molecule has 0 amide bonds. The zero-order valence-corrected chi connectivity index (χ0v) is 15.6. The van der Waals surface area contributed by atoms with Crippen LogP contribution in [0.3, 0.4) is 0 Å². The monoisotopic (exact) mass is 341 g/mol. The van der Waals surface area contributed by atoms with E-state index in [1.165, 1.54) is 5.57 Å². The van der Waals surface area contributed by atoms with Crippen LogP contribution >= 0.6 is 0 Å². The standard InChI is InChI=1S/C22H31NO2/c1-4-23-11-20(3)7-6-17(24)22-14-9-13-5-8-21(25,18(14)12(13)2)15(19(22)23)10-16(20)22/h13-16,18-19,25H,2,4-11H2,1,3H3/t13-,14+,15+,16-,18-,19-,20+,21-,22-/m1/s1. The molecule has 5 saturated carbocycles. The molecule has 5 aliphatic carbocycles. The van der Waals surface area contributed by atoms with Crippen molar-refractivity contribution >= 4 is 5.78 Å². The summed E-state index contributed by atoms with van der Waals surface area (Å²) in [6.45, 7) is 11.3. The van der Waals surface area contributed by atoms with E-state index in [0.717, 1.165) is 51.6 Å². The van der Waals surface area contributed by atoms with Crippen molar-refractivity contribution in [2.45, 2.75) is 64.0 Å². The van der Waals surface area contributed by atoms with Gasteiger partial charge < -0.3 is 5.11 Å². The summed E-state index contributed by atoms with van der Waals surface area (Å²) in [5.41, 5.74) is 0.779. The van der Waals surface area contributed by atoms with Gasteiger partial charge in [-0.1, -0.05) is 26.0 Å². The fraction of sp³-hybridized carbons (Fsp3) is 0.864. The number of rotatable bonds is 1. The van der Waals surface area contributed by atoms with Crippen LogP contribution in [0.1, 0.15) is 52.4 Å². The third-order valence-corrected chi connectivity index (χ3v) is 10.1. The van der Waals surface area contributed by atoms with Crippen molar-refractivity contribution in [3.8, 4) is 0 Å². The SMILES string of the molecule is C=C1[C@@H]2CC[C@]3(O)[C@H]1[C@H](C2)[C@@]12C(=O)CC[C@@]4(C)CN(CC)[C@@H]1[C@@H]3C[C@H]42. The molecule has 0 aromatic carbocycles. The summed E-state index contributed by atoms with van der Waals surface area (Å²) < 4.78 is 0. The van der Waals surface area contributed by atoms with Gasteiger partial charge in [-0.25, -0.2) is 0 Å². The van der Waals surface area contributed by atoms with Crippen molar-refractivity contribution < 1.29 is 9.90 Å². The van der Waals surface area contributed by atoms with Gasteiger partial charge in [0.15, 0.2) is 0 Å². The van der Waals surface area contributed by atoms with Crippen molar-refractivity contribution in [1.29, 1.82) is 0 Å². The number of hydrogen-bond donors (Lipinski definition) is 1. The minimum Gasteiger partial charge on any atom is -0.389 e. The van der Waals surface area contributed by atoms with Gasteiger partial charge in [-0.2, -0.15) is 0 Å². The smallest absolute Gasteiger partial charge is 0.141 e. The third kappa shape index (κ3) is 1.36. The molecule has 7 bridgehead atoms. The van der Waals surface area contributed by atoms with Crippen LogP contribution in [0.15, 0.2) is 12.2 Å². The highest BCUT2D eigenvalue weighted by Gasteiger charge is 2.81. The lowest BCUT2D eigenvalue weighted by atomic mass is 9.44. The fourth-order valence-electron chi connectivity index (χ4n) is 9.43. The zero-order valence-electron chi connectivity index (χ0n) is 15.6. The highest BCUT2D eigenvalue weighted by Crippen LogP contribution is 2.78. The Hall–Kier alpha value is -0.670. The van der Waals surface area contributed by atoms with Gasteiger partial charge in [0.2, 0.25) is 0 Å². The molecule has 1 heterocycles. The van der Waals surface area contributed by atoms with E-state index in [-0.39, 0.29) is 22.7 Å². The molecule has 6 rings (SSSR count). The summed E-state index contributed by atoms with van der Waals surface area (Å²) in [4.78, 5) is 16.3. The summed E-state index contributed by atoms with van der Waals surface area (Å²) >= 11 is 0. The first-order valence-electron chi connectivity index (χ1n) is 10.6. The van der Waals surface area contributed by atoms with Gasteiger partial charge in [-0.15, -0.1) is 0 Å². The van der Waals surface area contributed by atoms with Gasteiger partial charge in [0.25, 0.3) is 0 Å². The highest BCUT2D eigenvalue weighted by atomic mass is 16.3. The number of Topliss-reactive ketones (excluding diaryl/α,β-unsaturated/α-hetero) is 1. The molecule has 25 heavy (non-hydrogen) atoms. The molecule has 9 atom stereocenters. The van der Waals surface area contributed by atoms with E-state index in [0.29, 0.717) is 29.6 Å². The molecular weight excluding hydrogens is 310 g/mol. The number of carbonyl (C=O) groups is 1. The van der Waals surface area contributed by atoms with Crippen molar-refractivity contribution in [2.24, 2.45) is 40.4 Å². The second-order valence-corrected chi connectivity index (χ2v) is 10.5. The van der Waals surface area contributed by atoms with Gasteiger partial charge in [0.05, 0.1) is 11.0 Å². The topological polar surface area (TPSA) is 40.5 Å². The Morgan fingerprint density at radius 1 is 1.28 bits per heavy atom. The first kappa shape index (κ1) is 15.4. The maximum atomic E-state index is 13.7. The maximum Gasteiger partial charge on any atom is 0.141 e. The number of carbonyl (C=O) groups excluding carboxylic acids is 1. The number of fused-ring (bicyclic) bond motifs is 2.